The van der Waals surface area contributed by atoms with E-state index in [0.29, 0.717) is 13.1 Å². The van der Waals surface area contributed by atoms with E-state index in [9.17, 15) is 0 Å². The summed E-state index contributed by atoms with van der Waals surface area (Å²) in [5.74, 6) is 1.63. The molecular formula is C21H27IN6. The van der Waals surface area contributed by atoms with Crippen molar-refractivity contribution in [3.8, 4) is 11.1 Å². The van der Waals surface area contributed by atoms with Crippen molar-refractivity contribution in [3.63, 3.8) is 0 Å². The fourth-order valence-corrected chi connectivity index (χ4v) is 2.83. The van der Waals surface area contributed by atoms with Crippen molar-refractivity contribution >= 4 is 29.9 Å². The first-order chi connectivity index (χ1) is 13.2. The number of guanidine groups is 1. The summed E-state index contributed by atoms with van der Waals surface area (Å²) in [4.78, 5) is 8.93. The van der Waals surface area contributed by atoms with Gasteiger partial charge < -0.3 is 10.6 Å². The molecule has 0 radical (unpaired) electrons. The number of halogens is 1. The van der Waals surface area contributed by atoms with Crippen LogP contribution in [-0.2, 0) is 20.1 Å². The van der Waals surface area contributed by atoms with E-state index in [0.717, 1.165) is 18.3 Å². The van der Waals surface area contributed by atoms with Crippen molar-refractivity contribution in [2.24, 2.45) is 12.0 Å². The van der Waals surface area contributed by atoms with E-state index < -0.39 is 0 Å². The lowest BCUT2D eigenvalue weighted by molar-refractivity contribution is 0.673. The number of hydrogen-bond donors (Lipinski definition) is 2. The summed E-state index contributed by atoms with van der Waals surface area (Å²) >= 11 is 0. The van der Waals surface area contributed by atoms with Crippen LogP contribution in [0.5, 0.6) is 0 Å². The maximum atomic E-state index is 4.70. The predicted molar refractivity (Wildman–Crippen MR) is 125 cm³/mol. The molecule has 2 aromatic carbocycles. The molecule has 0 amide bonds. The van der Waals surface area contributed by atoms with Crippen LogP contribution in [0.1, 0.15) is 23.9 Å². The molecule has 148 valence electrons. The van der Waals surface area contributed by atoms with Gasteiger partial charge in [0.05, 0.1) is 13.1 Å². The third-order valence-electron chi connectivity index (χ3n) is 4.26. The molecule has 0 aliphatic carbocycles. The van der Waals surface area contributed by atoms with Crippen molar-refractivity contribution in [2.75, 3.05) is 6.54 Å². The minimum Gasteiger partial charge on any atom is -0.357 e. The molecule has 0 bridgehead atoms. The molecule has 0 atom stereocenters. The molecule has 3 rings (SSSR count). The SMILES string of the molecule is CCNC(=NCc1cccc(-c2cccc(C)c2)c1)NCc1ncnn1C.I. The quantitative estimate of drug-likeness (QED) is 0.315. The highest BCUT2D eigenvalue weighted by atomic mass is 127. The van der Waals surface area contributed by atoms with Gasteiger partial charge in [0.25, 0.3) is 0 Å². The second-order valence-corrected chi connectivity index (χ2v) is 6.42. The fraction of sp³-hybridized carbons (Fsp3) is 0.286. The lowest BCUT2D eigenvalue weighted by atomic mass is 10.0. The van der Waals surface area contributed by atoms with Gasteiger partial charge in [0.1, 0.15) is 12.2 Å². The summed E-state index contributed by atoms with van der Waals surface area (Å²) < 4.78 is 1.75. The highest BCUT2D eigenvalue weighted by Gasteiger charge is 2.04. The molecule has 0 saturated carbocycles. The van der Waals surface area contributed by atoms with E-state index in [2.05, 4.69) is 83.1 Å². The Hall–Kier alpha value is -2.42. The first-order valence-electron chi connectivity index (χ1n) is 9.16. The Morgan fingerprint density at radius 1 is 1.07 bits per heavy atom. The summed E-state index contributed by atoms with van der Waals surface area (Å²) in [5.41, 5.74) is 4.87. The van der Waals surface area contributed by atoms with Crippen LogP contribution < -0.4 is 10.6 Å². The van der Waals surface area contributed by atoms with Gasteiger partial charge in [0.15, 0.2) is 5.96 Å². The lowest BCUT2D eigenvalue weighted by Gasteiger charge is -2.11. The molecule has 1 aromatic heterocycles. The smallest absolute Gasteiger partial charge is 0.191 e. The highest BCUT2D eigenvalue weighted by molar-refractivity contribution is 14.0. The van der Waals surface area contributed by atoms with Gasteiger partial charge in [-0.15, -0.1) is 24.0 Å². The largest absolute Gasteiger partial charge is 0.357 e. The number of aryl methyl sites for hydroxylation is 2. The number of nitrogens with zero attached hydrogens (tertiary/aromatic N) is 4. The molecule has 1 heterocycles. The summed E-state index contributed by atoms with van der Waals surface area (Å²) in [5, 5.41) is 10.7. The Morgan fingerprint density at radius 2 is 1.82 bits per heavy atom. The van der Waals surface area contributed by atoms with Crippen molar-refractivity contribution in [3.05, 3.63) is 71.8 Å². The molecule has 0 unspecified atom stereocenters. The molecule has 3 aromatic rings. The van der Waals surface area contributed by atoms with Crippen LogP contribution in [0.3, 0.4) is 0 Å². The van der Waals surface area contributed by atoms with Gasteiger partial charge in [-0.25, -0.2) is 9.98 Å². The van der Waals surface area contributed by atoms with Crippen LogP contribution in [0.25, 0.3) is 11.1 Å². The second-order valence-electron chi connectivity index (χ2n) is 6.42. The Kier molecular flexibility index (Phi) is 8.43. The van der Waals surface area contributed by atoms with Crippen LogP contribution in [0.2, 0.25) is 0 Å². The van der Waals surface area contributed by atoms with Crippen molar-refractivity contribution in [1.82, 2.24) is 25.4 Å². The molecule has 7 heteroatoms. The Labute approximate surface area is 183 Å². The molecule has 0 saturated heterocycles. The predicted octanol–water partition coefficient (Wildman–Crippen LogP) is 3.66. The van der Waals surface area contributed by atoms with Gasteiger partial charge in [0, 0.05) is 13.6 Å². The first kappa shape index (κ1) is 21.9. The standard InChI is InChI=1S/C21H26N6.HI/c1-4-22-21(24-14-20-25-15-26-27(20)3)23-13-17-8-6-10-19(12-17)18-9-5-7-16(2)11-18;/h5-12,15H,4,13-14H2,1-3H3,(H2,22,23,24);1H. The molecule has 0 fully saturated rings. The zero-order valence-electron chi connectivity index (χ0n) is 16.5. The first-order valence-corrected chi connectivity index (χ1v) is 9.16. The molecule has 28 heavy (non-hydrogen) atoms. The number of nitrogens with one attached hydrogen (secondary N) is 2. The van der Waals surface area contributed by atoms with Crippen LogP contribution in [0, 0.1) is 6.92 Å². The van der Waals surface area contributed by atoms with E-state index in [1.165, 1.54) is 22.3 Å². The third kappa shape index (κ3) is 6.05. The van der Waals surface area contributed by atoms with E-state index in [4.69, 9.17) is 4.99 Å². The average molecular weight is 490 g/mol. The maximum absolute atomic E-state index is 4.70. The Morgan fingerprint density at radius 3 is 2.50 bits per heavy atom. The van der Waals surface area contributed by atoms with Crippen LogP contribution in [-0.4, -0.2) is 27.3 Å². The summed E-state index contributed by atoms with van der Waals surface area (Å²) in [6.45, 7) is 6.15. The molecule has 0 aliphatic heterocycles. The topological polar surface area (TPSA) is 67.1 Å². The average Bonchev–Trinajstić information content (AvgIpc) is 3.09. The Bertz CT molecular complexity index is 919. The summed E-state index contributed by atoms with van der Waals surface area (Å²) in [7, 11) is 1.88. The Balaban J connectivity index is 0.00000280. The maximum Gasteiger partial charge on any atom is 0.191 e. The molecule has 0 aliphatic rings. The van der Waals surface area contributed by atoms with Crippen molar-refractivity contribution in [1.29, 1.82) is 0 Å². The van der Waals surface area contributed by atoms with Gasteiger partial charge in [-0.05, 0) is 36.6 Å². The van der Waals surface area contributed by atoms with Crippen molar-refractivity contribution in [2.45, 2.75) is 26.9 Å². The lowest BCUT2D eigenvalue weighted by Crippen LogP contribution is -2.37. The fourth-order valence-electron chi connectivity index (χ4n) is 2.83. The molecule has 6 nitrogen and oxygen atoms in total. The minimum atomic E-state index is 0. The highest BCUT2D eigenvalue weighted by Crippen LogP contribution is 2.21. The summed E-state index contributed by atoms with van der Waals surface area (Å²) in [6.07, 6.45) is 1.55. The third-order valence-corrected chi connectivity index (χ3v) is 4.26. The van der Waals surface area contributed by atoms with Gasteiger partial charge in [-0.3, -0.25) is 4.68 Å². The molecular weight excluding hydrogens is 463 g/mol. The number of hydrogen-bond acceptors (Lipinski definition) is 3. The van der Waals surface area contributed by atoms with E-state index >= 15 is 0 Å². The van der Waals surface area contributed by atoms with Crippen molar-refractivity contribution < 1.29 is 0 Å². The number of aromatic nitrogens is 3. The van der Waals surface area contributed by atoms with Crippen LogP contribution in [0.4, 0.5) is 0 Å². The summed E-state index contributed by atoms with van der Waals surface area (Å²) in [6, 6.07) is 17.1. The van der Waals surface area contributed by atoms with Gasteiger partial charge >= 0.3 is 0 Å². The number of benzene rings is 2. The minimum absolute atomic E-state index is 0. The van der Waals surface area contributed by atoms with Gasteiger partial charge in [-0.1, -0.05) is 48.0 Å². The second kappa shape index (κ2) is 10.8. The monoisotopic (exact) mass is 490 g/mol. The van der Waals surface area contributed by atoms with E-state index in [1.54, 1.807) is 11.0 Å². The zero-order chi connectivity index (χ0) is 19.1. The van der Waals surface area contributed by atoms with Gasteiger partial charge in [0.2, 0.25) is 0 Å². The van der Waals surface area contributed by atoms with E-state index in [1.807, 2.05) is 7.05 Å². The number of rotatable bonds is 6. The van der Waals surface area contributed by atoms with E-state index in [-0.39, 0.29) is 24.0 Å². The number of aliphatic imine (C=N–C) groups is 1. The van der Waals surface area contributed by atoms with Crippen LogP contribution >= 0.6 is 24.0 Å². The molecule has 2 N–H and O–H groups in total. The van der Waals surface area contributed by atoms with Gasteiger partial charge in [-0.2, -0.15) is 5.10 Å². The normalized spacial score (nSPS) is 11.0. The van der Waals surface area contributed by atoms with Crippen LogP contribution in [0.15, 0.2) is 59.9 Å². The molecule has 0 spiro atoms. The zero-order valence-corrected chi connectivity index (χ0v) is 18.8.